The molecule has 1 heterocycles. The Labute approximate surface area is 269 Å². The number of sulfonamides is 1. The minimum Gasteiger partial charge on any atom is -0.497 e. The molecule has 1 spiro atoms. The van der Waals surface area contributed by atoms with Gasteiger partial charge in [-0.1, -0.05) is 103 Å². The van der Waals surface area contributed by atoms with Crippen LogP contribution in [0, 0.1) is 6.92 Å². The first-order chi connectivity index (χ1) is 21.8. The summed E-state index contributed by atoms with van der Waals surface area (Å²) in [6.45, 7) is 4.25. The van der Waals surface area contributed by atoms with E-state index in [1.54, 1.807) is 19.2 Å². The number of likely N-dealkylation sites (tertiary alicyclic amines) is 1. The molecule has 2 aliphatic rings. The number of piperidine rings is 1. The molecule has 0 saturated carbocycles. The van der Waals surface area contributed by atoms with Crippen LogP contribution in [0.4, 0.5) is 0 Å². The highest BCUT2D eigenvalue weighted by atomic mass is 32.2. The molecular weight excluding hydrogens is 577 g/mol. The molecule has 6 heteroatoms. The van der Waals surface area contributed by atoms with Crippen LogP contribution in [0.1, 0.15) is 59.9 Å². The minimum absolute atomic E-state index is 0.00895. The molecule has 234 valence electrons. The van der Waals surface area contributed by atoms with Crippen molar-refractivity contribution in [2.24, 2.45) is 0 Å². The monoisotopic (exact) mass is 620 g/mol. The molecule has 0 aromatic heterocycles. The zero-order valence-electron chi connectivity index (χ0n) is 26.4. The van der Waals surface area contributed by atoms with Gasteiger partial charge in [-0.3, -0.25) is 4.90 Å². The summed E-state index contributed by atoms with van der Waals surface area (Å²) in [5, 5.41) is 0. The second kappa shape index (κ2) is 13.3. The second-order valence-corrected chi connectivity index (χ2v) is 14.4. The van der Waals surface area contributed by atoms with E-state index in [9.17, 15) is 8.42 Å². The molecule has 1 aliphatic carbocycles. The van der Waals surface area contributed by atoms with Gasteiger partial charge in [-0.05, 0) is 98.6 Å². The van der Waals surface area contributed by atoms with E-state index in [0.717, 1.165) is 61.2 Å². The second-order valence-electron chi connectivity index (χ2n) is 12.7. The Morgan fingerprint density at radius 2 is 1.58 bits per heavy atom. The van der Waals surface area contributed by atoms with Gasteiger partial charge in [0.15, 0.2) is 0 Å². The molecule has 1 atom stereocenters. The predicted molar refractivity (Wildman–Crippen MR) is 183 cm³/mol. The minimum atomic E-state index is -3.71. The standard InChI is InChI=1S/C39H44N2O3S/c1-31-16-20-37(21-17-31)45(42,43)40-30-39(34-12-5-3-6-13-34,35-14-7-4-8-15-35)24-11-27-41-26-10-9-23-38(41)25-22-32-28-36(44-2)19-18-33(32)29-38/h3-8,12-22,25,28,40H,9-11,23-24,26-27,29-30H2,1-2H3. The molecule has 1 fully saturated rings. The fourth-order valence-corrected chi connectivity index (χ4v) is 8.44. The molecule has 6 rings (SSSR count). The summed E-state index contributed by atoms with van der Waals surface area (Å²) in [7, 11) is -1.99. The molecule has 1 unspecified atom stereocenters. The van der Waals surface area contributed by atoms with E-state index in [2.05, 4.69) is 88.5 Å². The van der Waals surface area contributed by atoms with Gasteiger partial charge in [0.25, 0.3) is 0 Å². The third-order valence-electron chi connectivity index (χ3n) is 9.92. The lowest BCUT2D eigenvalue weighted by Gasteiger charge is -2.48. The highest BCUT2D eigenvalue weighted by molar-refractivity contribution is 7.89. The molecule has 0 bridgehead atoms. The summed E-state index contributed by atoms with van der Waals surface area (Å²) in [6.07, 6.45) is 11.0. The Kier molecular flexibility index (Phi) is 9.27. The lowest BCUT2D eigenvalue weighted by molar-refractivity contribution is 0.0815. The molecule has 4 aromatic carbocycles. The van der Waals surface area contributed by atoms with Gasteiger partial charge in [-0.15, -0.1) is 0 Å². The predicted octanol–water partition coefficient (Wildman–Crippen LogP) is 7.54. The number of fused-ring (bicyclic) bond motifs is 1. The number of hydrogen-bond acceptors (Lipinski definition) is 4. The van der Waals surface area contributed by atoms with Crippen LogP contribution >= 0.6 is 0 Å². The average Bonchev–Trinajstić information content (AvgIpc) is 3.08. The van der Waals surface area contributed by atoms with Crippen LogP contribution < -0.4 is 9.46 Å². The van der Waals surface area contributed by atoms with Gasteiger partial charge in [-0.25, -0.2) is 13.1 Å². The van der Waals surface area contributed by atoms with Gasteiger partial charge in [0, 0.05) is 17.5 Å². The first-order valence-electron chi connectivity index (χ1n) is 16.1. The van der Waals surface area contributed by atoms with Crippen LogP contribution in [0.15, 0.2) is 114 Å². The van der Waals surface area contributed by atoms with E-state index < -0.39 is 15.4 Å². The van der Waals surface area contributed by atoms with E-state index in [1.807, 2.05) is 31.2 Å². The number of nitrogens with one attached hydrogen (secondary N) is 1. The number of nitrogens with zero attached hydrogens (tertiary/aromatic N) is 1. The van der Waals surface area contributed by atoms with Gasteiger partial charge in [-0.2, -0.15) is 0 Å². The summed E-state index contributed by atoms with van der Waals surface area (Å²) in [6, 6.07) is 34.3. The average molecular weight is 621 g/mol. The molecular formula is C39H44N2O3S. The topological polar surface area (TPSA) is 58.6 Å². The molecule has 1 aliphatic heterocycles. The van der Waals surface area contributed by atoms with Gasteiger partial charge in [0.05, 0.1) is 12.0 Å². The fourth-order valence-electron chi connectivity index (χ4n) is 7.34. The highest BCUT2D eigenvalue weighted by Crippen LogP contribution is 2.41. The first-order valence-corrected chi connectivity index (χ1v) is 17.6. The molecule has 1 saturated heterocycles. The lowest BCUT2D eigenvalue weighted by atomic mass is 9.71. The molecule has 1 N–H and O–H groups in total. The lowest BCUT2D eigenvalue weighted by Crippen LogP contribution is -2.53. The van der Waals surface area contributed by atoms with Crippen molar-refractivity contribution in [3.05, 3.63) is 137 Å². The number of aryl methyl sites for hydroxylation is 1. The van der Waals surface area contributed by atoms with Crippen molar-refractivity contribution in [2.45, 2.75) is 61.3 Å². The van der Waals surface area contributed by atoms with Crippen molar-refractivity contribution in [1.29, 1.82) is 0 Å². The van der Waals surface area contributed by atoms with E-state index in [-0.39, 0.29) is 12.1 Å². The Morgan fingerprint density at radius 3 is 2.24 bits per heavy atom. The number of rotatable bonds is 11. The van der Waals surface area contributed by atoms with Crippen molar-refractivity contribution in [3.63, 3.8) is 0 Å². The maximum absolute atomic E-state index is 13.6. The van der Waals surface area contributed by atoms with Crippen LogP contribution in [0.25, 0.3) is 6.08 Å². The molecule has 45 heavy (non-hydrogen) atoms. The summed E-state index contributed by atoms with van der Waals surface area (Å²) in [5.74, 6) is 0.894. The summed E-state index contributed by atoms with van der Waals surface area (Å²) >= 11 is 0. The SMILES string of the molecule is COc1ccc2c(c1)C=CC1(CCCCN1CCCC(CNS(=O)(=O)c1ccc(C)cc1)(c1ccccc1)c1ccccc1)C2. The zero-order valence-corrected chi connectivity index (χ0v) is 27.2. The Hall–Kier alpha value is -3.71. The number of hydrogen-bond donors (Lipinski definition) is 1. The smallest absolute Gasteiger partial charge is 0.240 e. The van der Waals surface area contributed by atoms with Crippen LogP contribution in [0.3, 0.4) is 0 Å². The van der Waals surface area contributed by atoms with Crippen LogP contribution in [-0.4, -0.2) is 45.6 Å². The Balaban J connectivity index is 1.28. The Bertz CT molecular complexity index is 1680. The maximum atomic E-state index is 13.6. The fraction of sp³-hybridized carbons (Fsp3) is 0.333. The third-order valence-corrected chi connectivity index (χ3v) is 11.3. The van der Waals surface area contributed by atoms with E-state index in [4.69, 9.17) is 4.74 Å². The van der Waals surface area contributed by atoms with Gasteiger partial charge in [0.1, 0.15) is 5.75 Å². The molecule has 0 amide bonds. The van der Waals surface area contributed by atoms with E-state index >= 15 is 0 Å². The van der Waals surface area contributed by atoms with Crippen molar-refractivity contribution < 1.29 is 13.2 Å². The summed E-state index contributed by atoms with van der Waals surface area (Å²) in [4.78, 5) is 2.98. The van der Waals surface area contributed by atoms with E-state index in [1.165, 1.54) is 24.0 Å². The molecule has 4 aromatic rings. The number of benzene rings is 4. The molecule has 5 nitrogen and oxygen atoms in total. The Morgan fingerprint density at radius 1 is 0.889 bits per heavy atom. The van der Waals surface area contributed by atoms with Crippen molar-refractivity contribution in [2.75, 3.05) is 26.7 Å². The van der Waals surface area contributed by atoms with E-state index in [0.29, 0.717) is 4.90 Å². The third kappa shape index (κ3) is 6.64. The number of ether oxygens (including phenoxy) is 1. The highest BCUT2D eigenvalue weighted by Gasteiger charge is 2.40. The first kappa shape index (κ1) is 31.3. The van der Waals surface area contributed by atoms with Gasteiger partial charge in [0.2, 0.25) is 10.0 Å². The maximum Gasteiger partial charge on any atom is 0.240 e. The van der Waals surface area contributed by atoms with Crippen LogP contribution in [0.5, 0.6) is 5.75 Å². The van der Waals surface area contributed by atoms with Gasteiger partial charge >= 0.3 is 0 Å². The van der Waals surface area contributed by atoms with Gasteiger partial charge < -0.3 is 4.74 Å². The zero-order chi connectivity index (χ0) is 31.3. The van der Waals surface area contributed by atoms with Crippen LogP contribution in [-0.2, 0) is 21.9 Å². The quantitative estimate of drug-likeness (QED) is 0.188. The summed E-state index contributed by atoms with van der Waals surface area (Å²) < 4.78 is 35.7. The number of methoxy groups -OCH3 is 1. The van der Waals surface area contributed by atoms with Crippen LogP contribution in [0.2, 0.25) is 0 Å². The van der Waals surface area contributed by atoms with Crippen molar-refractivity contribution >= 4 is 16.1 Å². The summed E-state index contributed by atoms with van der Waals surface area (Å²) in [5.41, 5.74) is 5.37. The normalized spacial score (nSPS) is 18.5. The molecule has 0 radical (unpaired) electrons. The largest absolute Gasteiger partial charge is 0.497 e. The van der Waals surface area contributed by atoms with Crippen molar-refractivity contribution in [3.8, 4) is 5.75 Å². The van der Waals surface area contributed by atoms with Crippen molar-refractivity contribution in [1.82, 2.24) is 9.62 Å².